The monoisotopic (exact) mass is 401 g/mol. The number of nitrogens with zero attached hydrogens (tertiary/aromatic N) is 1. The van der Waals surface area contributed by atoms with Gasteiger partial charge in [-0.3, -0.25) is 9.69 Å². The van der Waals surface area contributed by atoms with Gasteiger partial charge in [-0.05, 0) is 49.0 Å². The maximum Gasteiger partial charge on any atom is 0.251 e. The van der Waals surface area contributed by atoms with E-state index in [1.165, 1.54) is 23.9 Å². The molecule has 0 atom stereocenters. The second kappa shape index (κ2) is 12.8. The van der Waals surface area contributed by atoms with Gasteiger partial charge >= 0.3 is 0 Å². The van der Waals surface area contributed by atoms with E-state index < -0.39 is 0 Å². The van der Waals surface area contributed by atoms with Crippen molar-refractivity contribution in [1.82, 2.24) is 10.2 Å². The number of benzene rings is 2. The van der Waals surface area contributed by atoms with Crippen LogP contribution in [0.1, 0.15) is 31.1 Å². The molecule has 0 saturated heterocycles. The van der Waals surface area contributed by atoms with Crippen LogP contribution in [0.5, 0.6) is 0 Å². The lowest BCUT2D eigenvalue weighted by Crippen LogP contribution is -2.35. The molecular formula is C22H28FN3OS. The highest BCUT2D eigenvalue weighted by molar-refractivity contribution is 7.99. The van der Waals surface area contributed by atoms with Crippen LogP contribution in [-0.4, -0.2) is 37.0 Å². The number of carbonyl (C=O) groups is 1. The molecule has 2 aromatic rings. The lowest BCUT2D eigenvalue weighted by molar-refractivity contribution is 0.0949. The van der Waals surface area contributed by atoms with Crippen molar-refractivity contribution in [2.24, 2.45) is 0 Å². The summed E-state index contributed by atoms with van der Waals surface area (Å²) >= 11 is 1.42. The van der Waals surface area contributed by atoms with Crippen LogP contribution < -0.4 is 11.1 Å². The molecule has 2 aromatic carbocycles. The van der Waals surface area contributed by atoms with Gasteiger partial charge in [-0.15, -0.1) is 6.42 Å². The number of halogens is 1. The summed E-state index contributed by atoms with van der Waals surface area (Å²) < 4.78 is 13.0. The van der Waals surface area contributed by atoms with Gasteiger partial charge in [0.15, 0.2) is 0 Å². The van der Waals surface area contributed by atoms with Crippen molar-refractivity contribution in [2.75, 3.05) is 31.9 Å². The number of anilines is 1. The van der Waals surface area contributed by atoms with Gasteiger partial charge in [-0.25, -0.2) is 4.39 Å². The molecule has 0 aliphatic heterocycles. The van der Waals surface area contributed by atoms with Crippen molar-refractivity contribution < 1.29 is 9.18 Å². The quantitative estimate of drug-likeness (QED) is 0.512. The second-order valence-electron chi connectivity index (χ2n) is 5.64. The average Bonchev–Trinajstić information content (AvgIpc) is 2.71. The Labute approximate surface area is 171 Å². The van der Waals surface area contributed by atoms with Crippen molar-refractivity contribution in [3.8, 4) is 12.3 Å². The van der Waals surface area contributed by atoms with Gasteiger partial charge in [0.25, 0.3) is 5.91 Å². The maximum atomic E-state index is 13.0. The molecule has 0 aromatic heterocycles. The summed E-state index contributed by atoms with van der Waals surface area (Å²) in [6.45, 7) is 8.63. The van der Waals surface area contributed by atoms with E-state index in [2.05, 4.69) is 16.1 Å². The van der Waals surface area contributed by atoms with Gasteiger partial charge in [0.2, 0.25) is 0 Å². The SMILES string of the molecule is C#CCN(CC)CCNC(=O)c1ccc(Sc2ccc(F)cc2)c(N)c1.CC. The predicted octanol–water partition coefficient (Wildman–Crippen LogP) is 4.27. The highest BCUT2D eigenvalue weighted by Crippen LogP contribution is 2.32. The molecular weight excluding hydrogens is 373 g/mol. The number of likely N-dealkylation sites (N-methyl/N-ethyl adjacent to an activating group) is 1. The van der Waals surface area contributed by atoms with Crippen LogP contribution in [0.2, 0.25) is 0 Å². The van der Waals surface area contributed by atoms with E-state index in [0.717, 1.165) is 16.3 Å². The van der Waals surface area contributed by atoms with E-state index in [1.807, 2.05) is 20.8 Å². The fourth-order valence-corrected chi connectivity index (χ4v) is 3.16. The molecule has 0 fully saturated rings. The van der Waals surface area contributed by atoms with Gasteiger partial charge in [0.1, 0.15) is 5.82 Å². The molecule has 150 valence electrons. The Morgan fingerprint density at radius 1 is 1.25 bits per heavy atom. The number of terminal acetylenes is 1. The Balaban J connectivity index is 0.00000190. The Kier molecular flexibility index (Phi) is 10.8. The summed E-state index contributed by atoms with van der Waals surface area (Å²) in [5, 5.41) is 2.87. The predicted molar refractivity (Wildman–Crippen MR) is 116 cm³/mol. The zero-order chi connectivity index (χ0) is 20.9. The molecule has 0 heterocycles. The van der Waals surface area contributed by atoms with Crippen molar-refractivity contribution in [3.05, 3.63) is 53.8 Å². The molecule has 0 bridgehead atoms. The average molecular weight is 402 g/mol. The minimum absolute atomic E-state index is 0.174. The molecule has 4 nitrogen and oxygen atoms in total. The maximum absolute atomic E-state index is 13.0. The van der Waals surface area contributed by atoms with Crippen molar-refractivity contribution >= 4 is 23.4 Å². The van der Waals surface area contributed by atoms with Crippen LogP contribution >= 0.6 is 11.8 Å². The summed E-state index contributed by atoms with van der Waals surface area (Å²) in [6, 6.07) is 11.4. The molecule has 0 unspecified atom stereocenters. The standard InChI is InChI=1S/C20H22FN3OS.C2H6/c1-3-12-24(4-2)13-11-23-20(25)15-5-10-19(18(22)14-15)26-17-8-6-16(21)7-9-17;1-2/h1,5-10,14H,4,11-13,22H2,2H3,(H,23,25);1-2H3. The number of rotatable bonds is 8. The number of nitrogen functional groups attached to an aromatic ring is 1. The Morgan fingerprint density at radius 3 is 2.50 bits per heavy atom. The zero-order valence-corrected chi connectivity index (χ0v) is 17.5. The van der Waals surface area contributed by atoms with E-state index >= 15 is 0 Å². The van der Waals surface area contributed by atoms with Crippen LogP contribution in [-0.2, 0) is 0 Å². The highest BCUT2D eigenvalue weighted by Gasteiger charge is 2.10. The lowest BCUT2D eigenvalue weighted by atomic mass is 10.2. The smallest absolute Gasteiger partial charge is 0.251 e. The summed E-state index contributed by atoms with van der Waals surface area (Å²) in [4.78, 5) is 16.0. The fraction of sp³-hybridized carbons (Fsp3) is 0.318. The van der Waals surface area contributed by atoms with Gasteiger partial charge in [-0.1, -0.05) is 38.5 Å². The van der Waals surface area contributed by atoms with E-state index in [-0.39, 0.29) is 11.7 Å². The van der Waals surface area contributed by atoms with Gasteiger partial charge in [-0.2, -0.15) is 0 Å². The van der Waals surface area contributed by atoms with Crippen molar-refractivity contribution in [1.29, 1.82) is 0 Å². The minimum Gasteiger partial charge on any atom is -0.398 e. The summed E-state index contributed by atoms with van der Waals surface area (Å²) in [7, 11) is 0. The summed E-state index contributed by atoms with van der Waals surface area (Å²) in [5.74, 6) is 2.15. The number of hydrogen-bond acceptors (Lipinski definition) is 4. The number of hydrogen-bond donors (Lipinski definition) is 2. The van der Waals surface area contributed by atoms with E-state index in [4.69, 9.17) is 12.2 Å². The molecule has 3 N–H and O–H groups in total. The topological polar surface area (TPSA) is 58.4 Å². The van der Waals surface area contributed by atoms with Gasteiger partial charge in [0, 0.05) is 34.1 Å². The third kappa shape index (κ3) is 7.63. The van der Waals surface area contributed by atoms with Crippen LogP contribution in [0.15, 0.2) is 52.3 Å². The van der Waals surface area contributed by atoms with E-state index in [1.54, 1.807) is 30.3 Å². The number of amides is 1. The number of nitrogens with one attached hydrogen (secondary N) is 1. The third-order valence-corrected chi connectivity index (χ3v) is 4.89. The first kappa shape index (κ1) is 23.5. The molecule has 28 heavy (non-hydrogen) atoms. The van der Waals surface area contributed by atoms with E-state index in [9.17, 15) is 9.18 Å². The minimum atomic E-state index is -0.279. The number of nitrogens with two attached hydrogens (primary N) is 1. The Morgan fingerprint density at radius 2 is 1.93 bits per heavy atom. The molecule has 1 amide bonds. The largest absolute Gasteiger partial charge is 0.398 e. The second-order valence-corrected chi connectivity index (χ2v) is 6.75. The first-order valence-corrected chi connectivity index (χ1v) is 10.1. The lowest BCUT2D eigenvalue weighted by Gasteiger charge is -2.17. The highest BCUT2D eigenvalue weighted by atomic mass is 32.2. The Bertz CT molecular complexity index is 787. The number of carbonyl (C=O) groups excluding carboxylic acids is 1. The first-order valence-electron chi connectivity index (χ1n) is 9.30. The van der Waals surface area contributed by atoms with Crippen LogP contribution in [0.25, 0.3) is 0 Å². The first-order chi connectivity index (χ1) is 13.5. The third-order valence-electron chi connectivity index (χ3n) is 3.79. The Hall–Kier alpha value is -2.49. The van der Waals surface area contributed by atoms with E-state index in [0.29, 0.717) is 30.9 Å². The molecule has 0 aliphatic carbocycles. The van der Waals surface area contributed by atoms with Crippen LogP contribution in [0.4, 0.5) is 10.1 Å². The fourth-order valence-electron chi connectivity index (χ4n) is 2.32. The molecule has 0 radical (unpaired) electrons. The van der Waals surface area contributed by atoms with Crippen molar-refractivity contribution in [2.45, 2.75) is 30.6 Å². The molecule has 2 rings (SSSR count). The van der Waals surface area contributed by atoms with Gasteiger partial charge in [0.05, 0.1) is 6.54 Å². The molecule has 0 saturated carbocycles. The molecule has 6 heteroatoms. The van der Waals surface area contributed by atoms with Gasteiger partial charge < -0.3 is 11.1 Å². The molecule has 0 spiro atoms. The summed E-state index contributed by atoms with van der Waals surface area (Å²) in [5.41, 5.74) is 7.08. The normalized spacial score (nSPS) is 10.0. The van der Waals surface area contributed by atoms with Crippen LogP contribution in [0, 0.1) is 18.2 Å². The van der Waals surface area contributed by atoms with Crippen molar-refractivity contribution in [3.63, 3.8) is 0 Å². The molecule has 0 aliphatic rings. The van der Waals surface area contributed by atoms with Crippen LogP contribution in [0.3, 0.4) is 0 Å². The summed E-state index contributed by atoms with van der Waals surface area (Å²) in [6.07, 6.45) is 5.31. The zero-order valence-electron chi connectivity index (χ0n) is 16.7.